The molecule has 5 rings (SSSR count). The lowest BCUT2D eigenvalue weighted by atomic mass is 9.59. The number of aromatic nitrogens is 1. The fraction of sp³-hybridized carbons (Fsp3) is 0.324. The van der Waals surface area contributed by atoms with E-state index in [1.807, 2.05) is 55.5 Å². The molecule has 2 aliphatic rings. The number of carbonyl (C=O) groups is 2. The first-order chi connectivity index (χ1) is 20.8. The average molecular weight is 578 g/mol. The fourth-order valence-corrected chi connectivity index (χ4v) is 6.80. The van der Waals surface area contributed by atoms with Gasteiger partial charge in [0.25, 0.3) is 5.56 Å². The minimum atomic E-state index is -0.607. The Morgan fingerprint density at radius 2 is 1.81 bits per heavy atom. The maximum atomic E-state index is 14.0. The Kier molecular flexibility index (Phi) is 9.24. The molecule has 2 aromatic carbocycles. The number of aromatic amines is 1. The van der Waals surface area contributed by atoms with Crippen LogP contribution in [0.3, 0.4) is 0 Å². The van der Waals surface area contributed by atoms with Crippen LogP contribution < -0.4 is 10.3 Å². The van der Waals surface area contributed by atoms with Gasteiger partial charge in [-0.2, -0.15) is 0 Å². The molecule has 3 aromatic rings. The number of rotatable bonds is 8. The van der Waals surface area contributed by atoms with E-state index in [1.165, 1.54) is 18.2 Å². The van der Waals surface area contributed by atoms with E-state index < -0.39 is 17.4 Å². The van der Waals surface area contributed by atoms with Gasteiger partial charge in [0.1, 0.15) is 17.1 Å². The van der Waals surface area contributed by atoms with Crippen LogP contribution in [0.2, 0.25) is 0 Å². The monoisotopic (exact) mass is 577 g/mol. The summed E-state index contributed by atoms with van der Waals surface area (Å²) in [6, 6.07) is 16.3. The Hall–Kier alpha value is -4.45. The lowest BCUT2D eigenvalue weighted by Gasteiger charge is -2.45. The van der Waals surface area contributed by atoms with Gasteiger partial charge in [0.05, 0.1) is 6.42 Å². The van der Waals surface area contributed by atoms with Gasteiger partial charge in [0.15, 0.2) is 5.78 Å². The summed E-state index contributed by atoms with van der Waals surface area (Å²) in [5, 5.41) is 11.3. The number of esters is 1. The average Bonchev–Trinajstić information content (AvgIpc) is 2.99. The minimum Gasteiger partial charge on any atom is -0.506 e. The SMILES string of the molecule is C/C=C/[C@@H]1[C@H]2C[C@@H](C)CC[C@@H]2C(C)=C[C@H]1C(=O)c1c(O)c(-c2ccc(OC(=O)C/C=C/c3ccccc3)cc2)c[nH]c1=O. The molecular formula is C37H39NO5. The summed E-state index contributed by atoms with van der Waals surface area (Å²) in [6.45, 7) is 6.32. The summed E-state index contributed by atoms with van der Waals surface area (Å²) in [6.07, 6.45) is 14.6. The van der Waals surface area contributed by atoms with Crippen molar-refractivity contribution in [1.29, 1.82) is 0 Å². The van der Waals surface area contributed by atoms with Crippen molar-refractivity contribution in [2.24, 2.45) is 29.6 Å². The topological polar surface area (TPSA) is 96.5 Å². The van der Waals surface area contributed by atoms with Crippen LogP contribution in [-0.2, 0) is 4.79 Å². The largest absolute Gasteiger partial charge is 0.506 e. The highest BCUT2D eigenvalue weighted by molar-refractivity contribution is 6.03. The summed E-state index contributed by atoms with van der Waals surface area (Å²) in [5.74, 6) is 0.0398. The van der Waals surface area contributed by atoms with E-state index in [1.54, 1.807) is 30.3 Å². The van der Waals surface area contributed by atoms with Crippen molar-refractivity contribution in [2.75, 3.05) is 0 Å². The van der Waals surface area contributed by atoms with E-state index in [2.05, 4.69) is 24.9 Å². The number of fused-ring (bicyclic) bond motifs is 1. The molecular weight excluding hydrogens is 538 g/mol. The Balaban J connectivity index is 1.35. The van der Waals surface area contributed by atoms with Gasteiger partial charge in [-0.05, 0) is 73.6 Å². The lowest BCUT2D eigenvalue weighted by molar-refractivity contribution is -0.133. The molecule has 0 unspecified atom stereocenters. The van der Waals surface area contributed by atoms with E-state index in [0.717, 1.165) is 18.4 Å². The Labute approximate surface area is 252 Å². The second-order valence-electron chi connectivity index (χ2n) is 11.9. The molecule has 0 aliphatic heterocycles. The zero-order valence-corrected chi connectivity index (χ0v) is 25.0. The van der Waals surface area contributed by atoms with E-state index in [-0.39, 0.29) is 29.4 Å². The summed E-state index contributed by atoms with van der Waals surface area (Å²) < 4.78 is 5.45. The molecule has 5 atom stereocenters. The number of pyridine rings is 1. The van der Waals surface area contributed by atoms with Crippen molar-refractivity contribution in [3.8, 4) is 22.6 Å². The van der Waals surface area contributed by atoms with Crippen LogP contribution in [0.15, 0.2) is 95.5 Å². The lowest BCUT2D eigenvalue weighted by Crippen LogP contribution is -2.40. The van der Waals surface area contributed by atoms with Gasteiger partial charge in [-0.15, -0.1) is 0 Å². The summed E-state index contributed by atoms with van der Waals surface area (Å²) in [7, 11) is 0. The number of benzene rings is 2. The van der Waals surface area contributed by atoms with Crippen LogP contribution in [0.5, 0.6) is 11.5 Å². The predicted octanol–water partition coefficient (Wildman–Crippen LogP) is 7.76. The van der Waals surface area contributed by atoms with Crippen molar-refractivity contribution in [3.63, 3.8) is 0 Å². The fourth-order valence-electron chi connectivity index (χ4n) is 6.80. The number of hydrogen-bond acceptors (Lipinski definition) is 5. The highest BCUT2D eigenvalue weighted by atomic mass is 16.5. The van der Waals surface area contributed by atoms with Gasteiger partial charge in [0.2, 0.25) is 0 Å². The van der Waals surface area contributed by atoms with Crippen LogP contribution in [0.25, 0.3) is 17.2 Å². The van der Waals surface area contributed by atoms with Crippen molar-refractivity contribution in [2.45, 2.75) is 46.5 Å². The Morgan fingerprint density at radius 1 is 1.07 bits per heavy atom. The van der Waals surface area contributed by atoms with Crippen molar-refractivity contribution >= 4 is 17.8 Å². The number of ether oxygens (including phenoxy) is 1. The van der Waals surface area contributed by atoms with Gasteiger partial charge < -0.3 is 14.8 Å². The molecule has 6 nitrogen and oxygen atoms in total. The predicted molar refractivity (Wildman–Crippen MR) is 170 cm³/mol. The van der Waals surface area contributed by atoms with Crippen LogP contribution in [0, 0.1) is 29.6 Å². The normalized spacial score (nSPS) is 23.6. The molecule has 0 saturated heterocycles. The summed E-state index contributed by atoms with van der Waals surface area (Å²) >= 11 is 0. The summed E-state index contributed by atoms with van der Waals surface area (Å²) in [4.78, 5) is 42.0. The number of aromatic hydroxyl groups is 1. The molecule has 2 aliphatic carbocycles. The first kappa shape index (κ1) is 30.0. The Morgan fingerprint density at radius 3 is 2.53 bits per heavy atom. The molecule has 0 radical (unpaired) electrons. The number of allylic oxidation sites excluding steroid dienone is 4. The quantitative estimate of drug-likeness (QED) is 0.123. The third kappa shape index (κ3) is 6.64. The van der Waals surface area contributed by atoms with Crippen LogP contribution in [-0.4, -0.2) is 21.8 Å². The maximum Gasteiger partial charge on any atom is 0.315 e. The van der Waals surface area contributed by atoms with Gasteiger partial charge in [-0.3, -0.25) is 14.4 Å². The molecule has 43 heavy (non-hydrogen) atoms. The van der Waals surface area contributed by atoms with Crippen LogP contribution in [0.4, 0.5) is 0 Å². The molecule has 1 heterocycles. The highest BCUT2D eigenvalue weighted by Gasteiger charge is 2.43. The molecule has 2 N–H and O–H groups in total. The van der Waals surface area contributed by atoms with Gasteiger partial charge in [-0.25, -0.2) is 0 Å². The Bertz CT molecular complexity index is 1610. The zero-order valence-electron chi connectivity index (χ0n) is 25.0. The second kappa shape index (κ2) is 13.2. The van der Waals surface area contributed by atoms with Crippen LogP contribution >= 0.6 is 0 Å². The van der Waals surface area contributed by atoms with Gasteiger partial charge in [-0.1, -0.05) is 91.8 Å². The van der Waals surface area contributed by atoms with Crippen molar-refractivity contribution in [3.05, 3.63) is 112 Å². The van der Waals surface area contributed by atoms with E-state index in [0.29, 0.717) is 34.6 Å². The number of nitrogens with one attached hydrogen (secondary N) is 1. The van der Waals surface area contributed by atoms with E-state index in [4.69, 9.17) is 4.74 Å². The number of carbonyl (C=O) groups excluding carboxylic acids is 2. The molecule has 1 fully saturated rings. The molecule has 1 saturated carbocycles. The first-order valence-corrected chi connectivity index (χ1v) is 15.1. The standard InChI is InChI=1S/C37H39NO5/c1-4-9-29-30-20-23(2)14-19-28(30)24(3)21-31(29)35(40)34-36(41)32(22-38-37(34)42)26-15-17-27(18-16-26)43-33(39)13-8-12-25-10-6-5-7-11-25/h4-12,15-18,21-23,28-31H,13-14,19-20H2,1-3H3,(H2,38,41,42)/b9-4+,12-8+/t23-,28+,29+,30-,31+/m0/s1. The van der Waals surface area contributed by atoms with Gasteiger partial charge >= 0.3 is 5.97 Å². The minimum absolute atomic E-state index is 0.0343. The zero-order chi connectivity index (χ0) is 30.5. The molecule has 222 valence electrons. The smallest absolute Gasteiger partial charge is 0.315 e. The molecule has 6 heteroatoms. The molecule has 0 spiro atoms. The van der Waals surface area contributed by atoms with E-state index in [9.17, 15) is 19.5 Å². The molecule has 0 amide bonds. The molecule has 1 aromatic heterocycles. The number of hydrogen-bond donors (Lipinski definition) is 2. The summed E-state index contributed by atoms with van der Waals surface area (Å²) in [5.41, 5.74) is 2.28. The van der Waals surface area contributed by atoms with Crippen molar-refractivity contribution < 1.29 is 19.4 Å². The van der Waals surface area contributed by atoms with Crippen LogP contribution in [0.1, 0.15) is 62.4 Å². The van der Waals surface area contributed by atoms with Crippen molar-refractivity contribution in [1.82, 2.24) is 4.98 Å². The number of H-pyrrole nitrogens is 1. The number of ketones is 1. The third-order valence-corrected chi connectivity index (χ3v) is 8.92. The first-order valence-electron chi connectivity index (χ1n) is 15.1. The second-order valence-corrected chi connectivity index (χ2v) is 11.9. The number of Topliss-reactive ketones (excluding diaryl/α,β-unsaturated/α-hetero) is 1. The third-order valence-electron chi connectivity index (χ3n) is 8.92. The van der Waals surface area contributed by atoms with E-state index >= 15 is 0 Å². The van der Waals surface area contributed by atoms with Gasteiger partial charge in [0, 0.05) is 17.7 Å². The molecule has 0 bridgehead atoms. The highest BCUT2D eigenvalue weighted by Crippen LogP contribution is 2.49. The maximum absolute atomic E-state index is 14.0.